The van der Waals surface area contributed by atoms with E-state index in [1.807, 2.05) is 31.5 Å². The van der Waals surface area contributed by atoms with E-state index in [2.05, 4.69) is 26.0 Å². The number of hydrogen-bond acceptors (Lipinski definition) is 3. The first-order valence-electron chi connectivity index (χ1n) is 5.43. The average Bonchev–Trinajstić information content (AvgIpc) is 2.56. The fourth-order valence-electron chi connectivity index (χ4n) is 1.84. The van der Waals surface area contributed by atoms with Crippen molar-refractivity contribution in [2.45, 2.75) is 27.3 Å². The Kier molecular flexibility index (Phi) is 3.31. The largest absolute Gasteiger partial charge is 0.326 e. The second-order valence-electron chi connectivity index (χ2n) is 4.03. The van der Waals surface area contributed by atoms with Crippen LogP contribution in [0, 0.1) is 20.8 Å². The monoisotopic (exact) mass is 294 g/mol. The lowest BCUT2D eigenvalue weighted by molar-refractivity contribution is 0.785. The van der Waals surface area contributed by atoms with Crippen molar-refractivity contribution >= 4 is 15.9 Å². The Morgan fingerprint density at radius 3 is 2.59 bits per heavy atom. The van der Waals surface area contributed by atoms with E-state index >= 15 is 0 Å². The fraction of sp³-hybridized carbons (Fsp3) is 0.333. The van der Waals surface area contributed by atoms with Gasteiger partial charge in [0.05, 0.1) is 15.9 Å². The van der Waals surface area contributed by atoms with E-state index in [0.29, 0.717) is 6.54 Å². The molecule has 0 spiro atoms. The van der Waals surface area contributed by atoms with E-state index in [1.54, 1.807) is 6.20 Å². The smallest absolute Gasteiger partial charge is 0.158 e. The summed E-state index contributed by atoms with van der Waals surface area (Å²) in [7, 11) is 0. The van der Waals surface area contributed by atoms with Crippen LogP contribution in [-0.2, 0) is 6.54 Å². The molecule has 0 radical (unpaired) electrons. The minimum atomic E-state index is 0.463. The third-order valence-electron chi connectivity index (χ3n) is 2.88. The van der Waals surface area contributed by atoms with Crippen molar-refractivity contribution in [1.29, 1.82) is 0 Å². The van der Waals surface area contributed by atoms with Crippen LogP contribution in [0.15, 0.2) is 16.7 Å². The lowest BCUT2D eigenvalue weighted by Gasteiger charge is -2.10. The van der Waals surface area contributed by atoms with Crippen LogP contribution in [0.25, 0.3) is 5.82 Å². The zero-order valence-corrected chi connectivity index (χ0v) is 11.7. The van der Waals surface area contributed by atoms with E-state index in [1.165, 1.54) is 0 Å². The topological polar surface area (TPSA) is 56.7 Å². The lowest BCUT2D eigenvalue weighted by atomic mass is 10.1. The summed E-state index contributed by atoms with van der Waals surface area (Å²) in [6, 6.07) is 1.96. The molecule has 5 heteroatoms. The van der Waals surface area contributed by atoms with Crippen molar-refractivity contribution in [1.82, 2.24) is 14.8 Å². The molecule has 0 aliphatic carbocycles. The van der Waals surface area contributed by atoms with E-state index in [0.717, 1.165) is 32.8 Å². The maximum atomic E-state index is 5.79. The number of nitrogens with zero attached hydrogens (tertiary/aromatic N) is 3. The number of aryl methyl sites for hydroxylation is 2. The molecular weight excluding hydrogens is 280 g/mol. The zero-order valence-electron chi connectivity index (χ0n) is 10.2. The van der Waals surface area contributed by atoms with E-state index < -0.39 is 0 Å². The molecule has 17 heavy (non-hydrogen) atoms. The molecular formula is C12H15BrN4. The first kappa shape index (κ1) is 12.3. The molecule has 4 nitrogen and oxygen atoms in total. The summed E-state index contributed by atoms with van der Waals surface area (Å²) in [6.45, 7) is 6.47. The first-order chi connectivity index (χ1) is 8.06. The van der Waals surface area contributed by atoms with Crippen molar-refractivity contribution in [3.63, 3.8) is 0 Å². The van der Waals surface area contributed by atoms with Crippen LogP contribution in [0.2, 0.25) is 0 Å². The number of halogens is 1. The molecule has 2 rings (SSSR count). The molecule has 0 saturated carbocycles. The van der Waals surface area contributed by atoms with Crippen molar-refractivity contribution in [3.8, 4) is 5.82 Å². The molecule has 0 amide bonds. The summed E-state index contributed by atoms with van der Waals surface area (Å²) in [5, 5.41) is 4.48. The predicted molar refractivity (Wildman–Crippen MR) is 71.2 cm³/mol. The van der Waals surface area contributed by atoms with Crippen LogP contribution in [0.4, 0.5) is 0 Å². The van der Waals surface area contributed by atoms with Gasteiger partial charge in [0.1, 0.15) is 0 Å². The third kappa shape index (κ3) is 2.00. The van der Waals surface area contributed by atoms with Crippen molar-refractivity contribution in [2.75, 3.05) is 0 Å². The van der Waals surface area contributed by atoms with E-state index in [-0.39, 0.29) is 0 Å². The highest BCUT2D eigenvalue weighted by Gasteiger charge is 2.14. The standard InChI is InChI=1S/C12H15BrN4/c1-7-4-5-15-12(10(7)6-14)17-9(3)11(13)8(2)16-17/h4-5H,6,14H2,1-3H3. The highest BCUT2D eigenvalue weighted by molar-refractivity contribution is 9.10. The normalized spacial score (nSPS) is 10.9. The molecule has 2 aromatic rings. The molecule has 0 aliphatic heterocycles. The van der Waals surface area contributed by atoms with E-state index in [9.17, 15) is 0 Å². The second-order valence-corrected chi connectivity index (χ2v) is 4.82. The van der Waals surface area contributed by atoms with Gasteiger partial charge < -0.3 is 5.73 Å². The molecule has 0 atom stereocenters. The van der Waals surface area contributed by atoms with Crippen LogP contribution >= 0.6 is 15.9 Å². The number of nitrogens with two attached hydrogens (primary N) is 1. The minimum Gasteiger partial charge on any atom is -0.326 e. The van der Waals surface area contributed by atoms with Gasteiger partial charge in [0.25, 0.3) is 0 Å². The minimum absolute atomic E-state index is 0.463. The summed E-state index contributed by atoms with van der Waals surface area (Å²) in [5.41, 5.74) is 9.95. The molecule has 0 aromatic carbocycles. The van der Waals surface area contributed by atoms with Gasteiger partial charge in [-0.2, -0.15) is 5.10 Å². The Morgan fingerprint density at radius 2 is 2.06 bits per heavy atom. The van der Waals surface area contributed by atoms with Crippen LogP contribution in [-0.4, -0.2) is 14.8 Å². The second kappa shape index (κ2) is 4.58. The fourth-order valence-corrected chi connectivity index (χ4v) is 2.09. The Bertz CT molecular complexity index is 560. The van der Waals surface area contributed by atoms with Gasteiger partial charge >= 0.3 is 0 Å². The summed E-state index contributed by atoms with van der Waals surface area (Å²) < 4.78 is 2.86. The summed E-state index contributed by atoms with van der Waals surface area (Å²) in [4.78, 5) is 4.40. The average molecular weight is 295 g/mol. The molecule has 0 saturated heterocycles. The van der Waals surface area contributed by atoms with Gasteiger partial charge in [0, 0.05) is 18.3 Å². The Balaban J connectivity index is 2.68. The Hall–Kier alpha value is -1.20. The van der Waals surface area contributed by atoms with Gasteiger partial charge in [-0.15, -0.1) is 0 Å². The molecule has 2 aromatic heterocycles. The highest BCUT2D eigenvalue weighted by Crippen LogP contribution is 2.24. The summed E-state index contributed by atoms with van der Waals surface area (Å²) in [5.74, 6) is 0.818. The molecule has 0 aliphatic rings. The summed E-state index contributed by atoms with van der Waals surface area (Å²) in [6.07, 6.45) is 1.79. The van der Waals surface area contributed by atoms with Crippen molar-refractivity contribution < 1.29 is 0 Å². The van der Waals surface area contributed by atoms with Crippen molar-refractivity contribution in [2.24, 2.45) is 5.73 Å². The quantitative estimate of drug-likeness (QED) is 0.925. The van der Waals surface area contributed by atoms with E-state index in [4.69, 9.17) is 5.73 Å². The van der Waals surface area contributed by atoms with Crippen LogP contribution < -0.4 is 5.73 Å². The molecule has 0 fully saturated rings. The SMILES string of the molecule is Cc1ccnc(-n2nc(C)c(Br)c2C)c1CN. The molecule has 0 unspecified atom stereocenters. The summed E-state index contributed by atoms with van der Waals surface area (Å²) >= 11 is 3.52. The Labute approximate surface area is 109 Å². The number of aromatic nitrogens is 3. The molecule has 90 valence electrons. The zero-order chi connectivity index (χ0) is 12.6. The van der Waals surface area contributed by atoms with Gasteiger partial charge in [-0.25, -0.2) is 9.67 Å². The maximum absolute atomic E-state index is 5.79. The lowest BCUT2D eigenvalue weighted by Crippen LogP contribution is -2.10. The van der Waals surface area contributed by atoms with Gasteiger partial charge in [-0.05, 0) is 48.3 Å². The number of rotatable bonds is 2. The van der Waals surface area contributed by atoms with Gasteiger partial charge in [0.15, 0.2) is 5.82 Å². The van der Waals surface area contributed by atoms with Gasteiger partial charge in [-0.3, -0.25) is 0 Å². The van der Waals surface area contributed by atoms with Crippen LogP contribution in [0.3, 0.4) is 0 Å². The Morgan fingerprint density at radius 1 is 1.35 bits per heavy atom. The molecule has 0 bridgehead atoms. The van der Waals surface area contributed by atoms with Crippen LogP contribution in [0.1, 0.15) is 22.5 Å². The number of pyridine rings is 1. The van der Waals surface area contributed by atoms with Gasteiger partial charge in [0.2, 0.25) is 0 Å². The molecule has 2 N–H and O–H groups in total. The molecule has 2 heterocycles. The van der Waals surface area contributed by atoms with Crippen LogP contribution in [0.5, 0.6) is 0 Å². The van der Waals surface area contributed by atoms with Gasteiger partial charge in [-0.1, -0.05) is 0 Å². The third-order valence-corrected chi connectivity index (χ3v) is 4.02. The first-order valence-corrected chi connectivity index (χ1v) is 6.22. The maximum Gasteiger partial charge on any atom is 0.158 e. The highest BCUT2D eigenvalue weighted by atomic mass is 79.9. The predicted octanol–water partition coefficient (Wildman–Crippen LogP) is 2.41. The number of hydrogen-bond donors (Lipinski definition) is 1. The van der Waals surface area contributed by atoms with Crippen molar-refractivity contribution in [3.05, 3.63) is 39.3 Å².